The Balaban J connectivity index is 0.000000362. The molecule has 2 N–H and O–H groups in total. The third kappa shape index (κ3) is 15.6. The number of aldehydes is 1. The van der Waals surface area contributed by atoms with Crippen LogP contribution in [-0.2, 0) is 40.1 Å². The van der Waals surface area contributed by atoms with Gasteiger partial charge in [-0.3, -0.25) is 14.7 Å². The second-order valence-corrected chi connectivity index (χ2v) is 10.6. The summed E-state index contributed by atoms with van der Waals surface area (Å²) in [4.78, 5) is 37.4. The summed E-state index contributed by atoms with van der Waals surface area (Å²) in [5.74, 6) is 0.406. The number of hydrogen-bond donors (Lipinski definition) is 2. The van der Waals surface area contributed by atoms with E-state index in [1.165, 1.54) is 5.56 Å². The van der Waals surface area contributed by atoms with Crippen LogP contribution in [-0.4, -0.2) is 78.8 Å². The molecule has 1 aliphatic heterocycles. The number of carboxylic acid groups (broad SMARTS) is 2. The van der Waals surface area contributed by atoms with Crippen LogP contribution in [0.4, 0.5) is 0 Å². The van der Waals surface area contributed by atoms with E-state index in [4.69, 9.17) is 24.4 Å². The van der Waals surface area contributed by atoms with E-state index in [1.807, 2.05) is 75.3 Å². The summed E-state index contributed by atoms with van der Waals surface area (Å²) >= 11 is 0. The van der Waals surface area contributed by atoms with Gasteiger partial charge in [-0.05, 0) is 98.6 Å². The largest absolute Gasteiger partial charge is 0.493 e. The van der Waals surface area contributed by atoms with E-state index in [9.17, 15) is 14.4 Å². The maximum absolute atomic E-state index is 10.5. The fourth-order valence-electron chi connectivity index (χ4n) is 4.95. The van der Waals surface area contributed by atoms with Crippen molar-refractivity contribution >= 4 is 18.2 Å². The van der Waals surface area contributed by atoms with Gasteiger partial charge in [0.05, 0.1) is 14.2 Å². The summed E-state index contributed by atoms with van der Waals surface area (Å²) in [6.07, 6.45) is 11.7. The molecule has 1 aromatic heterocycles. The molecule has 1 saturated heterocycles. The molecule has 0 spiro atoms. The van der Waals surface area contributed by atoms with Crippen LogP contribution in [0.25, 0.3) is 0 Å². The quantitative estimate of drug-likeness (QED) is 0.202. The monoisotopic (exact) mass is 652 g/mol. The van der Waals surface area contributed by atoms with Crippen molar-refractivity contribution in [3.8, 4) is 17.2 Å². The van der Waals surface area contributed by atoms with E-state index < -0.39 is 11.9 Å². The number of pyridine rings is 1. The average Bonchev–Trinajstić information content (AvgIpc) is 3.09. The highest BCUT2D eigenvalue weighted by Crippen LogP contribution is 2.33. The SMILES string of the molecule is CC.CCc1cc(CC=O)cc(OC)c1OC.CN1CCCCC1C(=O)O.O=C(O)COc1cccc(CCCc2cccnc2)c1. The average molecular weight is 653 g/mol. The first-order chi connectivity index (χ1) is 22.7. The Kier molecular flexibility index (Phi) is 20.6. The summed E-state index contributed by atoms with van der Waals surface area (Å²) in [7, 11) is 5.09. The summed E-state index contributed by atoms with van der Waals surface area (Å²) in [6.45, 7) is 6.66. The van der Waals surface area contributed by atoms with Crippen LogP contribution in [0.2, 0.25) is 0 Å². The molecular weight excluding hydrogens is 600 g/mol. The predicted molar refractivity (Wildman–Crippen MR) is 184 cm³/mol. The van der Waals surface area contributed by atoms with E-state index >= 15 is 0 Å². The molecule has 1 fully saturated rings. The minimum absolute atomic E-state index is 0.228. The molecule has 2 heterocycles. The maximum atomic E-state index is 10.5. The molecule has 1 atom stereocenters. The molecule has 47 heavy (non-hydrogen) atoms. The molecule has 1 aliphatic rings. The van der Waals surface area contributed by atoms with E-state index in [2.05, 4.69) is 11.1 Å². The van der Waals surface area contributed by atoms with Crippen LogP contribution in [0.15, 0.2) is 60.9 Å². The van der Waals surface area contributed by atoms with Gasteiger partial charge in [0.2, 0.25) is 0 Å². The molecule has 10 nitrogen and oxygen atoms in total. The lowest BCUT2D eigenvalue weighted by atomic mass is 10.0. The number of carbonyl (C=O) groups is 3. The van der Waals surface area contributed by atoms with Crippen molar-refractivity contribution in [1.29, 1.82) is 0 Å². The zero-order valence-corrected chi connectivity index (χ0v) is 28.7. The molecule has 4 rings (SSSR count). The third-order valence-corrected chi connectivity index (χ3v) is 7.29. The lowest BCUT2D eigenvalue weighted by Crippen LogP contribution is -2.41. The van der Waals surface area contributed by atoms with Crippen molar-refractivity contribution < 1.29 is 38.8 Å². The van der Waals surface area contributed by atoms with E-state index in [-0.39, 0.29) is 12.6 Å². The van der Waals surface area contributed by atoms with Crippen LogP contribution in [0.5, 0.6) is 17.2 Å². The lowest BCUT2D eigenvalue weighted by Gasteiger charge is -2.28. The summed E-state index contributed by atoms with van der Waals surface area (Å²) in [6, 6.07) is 15.2. The van der Waals surface area contributed by atoms with Crippen LogP contribution in [0.3, 0.4) is 0 Å². The number of likely N-dealkylation sites (tertiary alicyclic amines) is 1. The molecule has 0 aliphatic carbocycles. The zero-order valence-electron chi connectivity index (χ0n) is 28.7. The summed E-state index contributed by atoms with van der Waals surface area (Å²) in [5.41, 5.74) is 4.40. The maximum Gasteiger partial charge on any atom is 0.341 e. The van der Waals surface area contributed by atoms with Gasteiger partial charge in [0.25, 0.3) is 0 Å². The number of carboxylic acids is 2. The molecule has 0 amide bonds. The number of nitrogens with zero attached hydrogens (tertiary/aromatic N) is 2. The van der Waals surface area contributed by atoms with Gasteiger partial charge >= 0.3 is 11.9 Å². The van der Waals surface area contributed by atoms with Gasteiger partial charge in [-0.15, -0.1) is 0 Å². The number of rotatable bonds is 13. The standard InChI is InChI=1S/C16H17NO3.C12H16O3.C7H13NO2.C2H6/c18-16(19)12-20-15-8-2-5-13(10-15)4-1-6-14-7-3-9-17-11-14;1-4-10-7-9(5-6-13)8-11(14-2)12(10)15-3;1-8-5-3-2-4-6(8)7(9)10;1-2/h2-3,5,7-11H,1,4,6,12H2,(H,18,19);6-8H,4-5H2,1-3H3;6H,2-5H2,1H3,(H,9,10);1-2H3. The Morgan fingerprint density at radius 2 is 1.70 bits per heavy atom. The number of ether oxygens (including phenoxy) is 3. The van der Waals surface area contributed by atoms with E-state index in [1.54, 1.807) is 26.5 Å². The third-order valence-electron chi connectivity index (χ3n) is 7.29. The van der Waals surface area contributed by atoms with E-state index in [0.29, 0.717) is 17.9 Å². The highest BCUT2D eigenvalue weighted by Gasteiger charge is 2.24. The fraction of sp³-hybridized carbons (Fsp3) is 0.459. The minimum atomic E-state index is -0.966. The van der Waals surface area contributed by atoms with Crippen molar-refractivity contribution in [2.45, 2.75) is 78.2 Å². The highest BCUT2D eigenvalue weighted by molar-refractivity contribution is 5.73. The Bertz CT molecular complexity index is 1310. The van der Waals surface area contributed by atoms with Crippen molar-refractivity contribution in [3.63, 3.8) is 0 Å². The van der Waals surface area contributed by atoms with Crippen molar-refractivity contribution in [3.05, 3.63) is 83.2 Å². The van der Waals surface area contributed by atoms with Gasteiger partial charge in [-0.1, -0.05) is 51.5 Å². The topological polar surface area (TPSA) is 135 Å². The highest BCUT2D eigenvalue weighted by atomic mass is 16.5. The van der Waals surface area contributed by atoms with Gasteiger partial charge in [0.1, 0.15) is 18.1 Å². The lowest BCUT2D eigenvalue weighted by molar-refractivity contribution is -0.144. The van der Waals surface area contributed by atoms with Crippen LogP contribution in [0, 0.1) is 0 Å². The first kappa shape index (κ1) is 40.6. The molecule has 258 valence electrons. The number of methoxy groups -OCH3 is 2. The van der Waals surface area contributed by atoms with E-state index in [0.717, 1.165) is 80.2 Å². The smallest absolute Gasteiger partial charge is 0.341 e. The number of aryl methyl sites for hydroxylation is 3. The second kappa shape index (κ2) is 23.8. The number of likely N-dealkylation sites (N-methyl/N-ethyl adjacent to an activating group) is 1. The van der Waals surface area contributed by atoms with Gasteiger partial charge in [0.15, 0.2) is 18.1 Å². The first-order valence-electron chi connectivity index (χ1n) is 16.1. The molecule has 3 aromatic rings. The normalized spacial score (nSPS) is 13.6. The molecule has 1 unspecified atom stereocenters. The molecule has 0 bridgehead atoms. The first-order valence-corrected chi connectivity index (χ1v) is 16.1. The van der Waals surface area contributed by atoms with Gasteiger partial charge < -0.3 is 29.2 Å². The Hall–Kier alpha value is -4.44. The number of aromatic nitrogens is 1. The van der Waals surface area contributed by atoms with Crippen LogP contribution < -0.4 is 14.2 Å². The van der Waals surface area contributed by atoms with Gasteiger partial charge in [-0.25, -0.2) is 4.79 Å². The fourth-order valence-corrected chi connectivity index (χ4v) is 4.95. The second-order valence-electron chi connectivity index (χ2n) is 10.6. The number of aliphatic carboxylic acids is 2. The molecule has 10 heteroatoms. The van der Waals surface area contributed by atoms with Crippen LogP contribution in [0.1, 0.15) is 68.7 Å². The number of hydrogen-bond acceptors (Lipinski definition) is 8. The number of benzene rings is 2. The molecular formula is C37H52N2O8. The minimum Gasteiger partial charge on any atom is -0.493 e. The van der Waals surface area contributed by atoms with Gasteiger partial charge in [0, 0.05) is 18.8 Å². The summed E-state index contributed by atoms with van der Waals surface area (Å²) in [5, 5.41) is 17.2. The predicted octanol–water partition coefficient (Wildman–Crippen LogP) is 6.31. The molecule has 0 saturated carbocycles. The Morgan fingerprint density at radius 1 is 0.979 bits per heavy atom. The number of carbonyl (C=O) groups excluding carboxylic acids is 1. The van der Waals surface area contributed by atoms with Crippen LogP contribution >= 0.6 is 0 Å². The zero-order chi connectivity index (χ0) is 35.0. The summed E-state index contributed by atoms with van der Waals surface area (Å²) < 4.78 is 15.7. The Labute approximate surface area is 279 Å². The molecule has 2 aromatic carbocycles. The number of piperidine rings is 1. The molecule has 0 radical (unpaired) electrons. The van der Waals surface area contributed by atoms with Crippen molar-refractivity contribution in [2.24, 2.45) is 0 Å². The van der Waals surface area contributed by atoms with Gasteiger partial charge in [-0.2, -0.15) is 0 Å². The van der Waals surface area contributed by atoms with Crippen molar-refractivity contribution in [1.82, 2.24) is 9.88 Å². The Morgan fingerprint density at radius 3 is 2.26 bits per heavy atom. The van der Waals surface area contributed by atoms with Crippen molar-refractivity contribution in [2.75, 3.05) is 34.4 Å².